The first kappa shape index (κ1) is 16.9. The van der Waals surface area contributed by atoms with Crippen LogP contribution < -0.4 is 0 Å². The molecule has 0 saturated heterocycles. The predicted molar refractivity (Wildman–Crippen MR) is 114 cm³/mol. The minimum absolute atomic E-state index is 0.150. The number of hydrogen-bond donors (Lipinski definition) is 0. The summed E-state index contributed by atoms with van der Waals surface area (Å²) in [5.74, 6) is 0. The molecule has 0 radical (unpaired) electrons. The summed E-state index contributed by atoms with van der Waals surface area (Å²) in [6.07, 6.45) is 0. The van der Waals surface area contributed by atoms with Crippen LogP contribution in [0.5, 0.6) is 0 Å². The molecular formula is C25H27N. The quantitative estimate of drug-likeness (QED) is 0.359. The Bertz CT molecular complexity index is 1080. The van der Waals surface area contributed by atoms with Crippen molar-refractivity contribution in [3.05, 3.63) is 72.3 Å². The first-order valence-corrected chi connectivity index (χ1v) is 9.50. The van der Waals surface area contributed by atoms with Gasteiger partial charge in [-0.15, -0.1) is 0 Å². The molecule has 4 rings (SSSR count). The van der Waals surface area contributed by atoms with Gasteiger partial charge in [-0.3, -0.25) is 0 Å². The molecule has 0 aliphatic carbocycles. The SMILES string of the molecule is CC(C)n1c2ccc(-c3ccccc3)cc2c2cc(C(C)(C)C)ccc21. The van der Waals surface area contributed by atoms with Crippen molar-refractivity contribution < 1.29 is 0 Å². The second-order valence-corrected chi connectivity index (χ2v) is 8.54. The van der Waals surface area contributed by atoms with Crippen molar-refractivity contribution in [2.24, 2.45) is 0 Å². The number of rotatable bonds is 2. The van der Waals surface area contributed by atoms with Crippen molar-refractivity contribution in [1.29, 1.82) is 0 Å². The molecule has 1 heteroatoms. The summed E-state index contributed by atoms with van der Waals surface area (Å²) in [5, 5.41) is 2.71. The van der Waals surface area contributed by atoms with Crippen LogP contribution in [0.15, 0.2) is 66.7 Å². The maximum absolute atomic E-state index is 2.46. The van der Waals surface area contributed by atoms with Crippen molar-refractivity contribution in [2.45, 2.75) is 46.1 Å². The second kappa shape index (κ2) is 6.02. The van der Waals surface area contributed by atoms with Gasteiger partial charge in [0.05, 0.1) is 0 Å². The standard InChI is InChI=1S/C25H27N/c1-17(2)26-23-13-11-19(18-9-7-6-8-10-18)15-21(23)22-16-20(25(3,4)5)12-14-24(22)26/h6-17H,1-5H3. The van der Waals surface area contributed by atoms with Crippen LogP contribution in [0.25, 0.3) is 32.9 Å². The number of benzene rings is 3. The Morgan fingerprint density at radius 2 is 1.31 bits per heavy atom. The lowest BCUT2D eigenvalue weighted by Crippen LogP contribution is -2.10. The van der Waals surface area contributed by atoms with Gasteiger partial charge in [-0.05, 0) is 60.2 Å². The topological polar surface area (TPSA) is 4.93 Å². The molecule has 0 fully saturated rings. The lowest BCUT2D eigenvalue weighted by Gasteiger charge is -2.19. The average molecular weight is 341 g/mol. The normalized spacial score (nSPS) is 12.4. The summed E-state index contributed by atoms with van der Waals surface area (Å²) < 4.78 is 2.46. The van der Waals surface area contributed by atoms with Crippen molar-refractivity contribution in [1.82, 2.24) is 4.57 Å². The van der Waals surface area contributed by atoms with Gasteiger partial charge in [-0.1, -0.05) is 63.2 Å². The molecule has 1 nitrogen and oxygen atoms in total. The third kappa shape index (κ3) is 2.72. The fourth-order valence-electron chi connectivity index (χ4n) is 3.89. The number of nitrogens with zero attached hydrogens (tertiary/aromatic N) is 1. The molecule has 4 aromatic rings. The Morgan fingerprint density at radius 3 is 1.92 bits per heavy atom. The summed E-state index contributed by atoms with van der Waals surface area (Å²) in [6.45, 7) is 11.4. The Labute approximate surface area is 156 Å². The summed E-state index contributed by atoms with van der Waals surface area (Å²) >= 11 is 0. The molecule has 0 N–H and O–H groups in total. The Morgan fingerprint density at radius 1 is 0.692 bits per heavy atom. The smallest absolute Gasteiger partial charge is 0.0494 e. The van der Waals surface area contributed by atoms with E-state index in [2.05, 4.69) is 106 Å². The van der Waals surface area contributed by atoms with Crippen molar-refractivity contribution >= 4 is 21.8 Å². The molecule has 0 spiro atoms. The number of fused-ring (bicyclic) bond motifs is 3. The van der Waals surface area contributed by atoms with Gasteiger partial charge in [0, 0.05) is 27.8 Å². The minimum atomic E-state index is 0.150. The molecular weight excluding hydrogens is 314 g/mol. The van der Waals surface area contributed by atoms with E-state index >= 15 is 0 Å². The minimum Gasteiger partial charge on any atom is -0.338 e. The number of aromatic nitrogens is 1. The van der Waals surface area contributed by atoms with E-state index in [9.17, 15) is 0 Å². The van der Waals surface area contributed by atoms with E-state index in [1.165, 1.54) is 38.5 Å². The first-order chi connectivity index (χ1) is 12.4. The molecule has 1 heterocycles. The monoisotopic (exact) mass is 341 g/mol. The van der Waals surface area contributed by atoms with Crippen LogP contribution in [-0.2, 0) is 5.41 Å². The van der Waals surface area contributed by atoms with Crippen LogP contribution in [-0.4, -0.2) is 4.57 Å². The highest BCUT2D eigenvalue weighted by molar-refractivity contribution is 6.09. The molecule has 26 heavy (non-hydrogen) atoms. The Kier molecular flexibility index (Phi) is 3.91. The summed E-state index contributed by atoms with van der Waals surface area (Å²) in [5.41, 5.74) is 6.73. The molecule has 0 atom stereocenters. The van der Waals surface area contributed by atoms with Gasteiger partial charge in [-0.25, -0.2) is 0 Å². The third-order valence-corrected chi connectivity index (χ3v) is 5.29. The Hall–Kier alpha value is -2.54. The summed E-state index contributed by atoms with van der Waals surface area (Å²) in [6, 6.07) is 25.0. The van der Waals surface area contributed by atoms with Gasteiger partial charge in [0.25, 0.3) is 0 Å². The lowest BCUT2D eigenvalue weighted by atomic mass is 9.86. The summed E-state index contributed by atoms with van der Waals surface area (Å²) in [7, 11) is 0. The van der Waals surface area contributed by atoms with E-state index < -0.39 is 0 Å². The van der Waals surface area contributed by atoms with Gasteiger partial charge in [0.15, 0.2) is 0 Å². The molecule has 0 unspecified atom stereocenters. The van der Waals surface area contributed by atoms with Gasteiger partial charge in [0.1, 0.15) is 0 Å². The van der Waals surface area contributed by atoms with E-state index in [4.69, 9.17) is 0 Å². The van der Waals surface area contributed by atoms with Crippen molar-refractivity contribution in [2.75, 3.05) is 0 Å². The zero-order valence-electron chi connectivity index (χ0n) is 16.4. The highest BCUT2D eigenvalue weighted by atomic mass is 15.0. The van der Waals surface area contributed by atoms with Crippen LogP contribution >= 0.6 is 0 Å². The van der Waals surface area contributed by atoms with Gasteiger partial charge in [-0.2, -0.15) is 0 Å². The molecule has 0 aliphatic heterocycles. The average Bonchev–Trinajstić information content (AvgIpc) is 2.95. The second-order valence-electron chi connectivity index (χ2n) is 8.54. The van der Waals surface area contributed by atoms with Crippen LogP contribution in [0, 0.1) is 0 Å². The zero-order valence-corrected chi connectivity index (χ0v) is 16.4. The first-order valence-electron chi connectivity index (χ1n) is 9.50. The maximum Gasteiger partial charge on any atom is 0.0494 e. The lowest BCUT2D eigenvalue weighted by molar-refractivity contribution is 0.591. The van der Waals surface area contributed by atoms with Gasteiger partial charge >= 0.3 is 0 Å². The largest absolute Gasteiger partial charge is 0.338 e. The molecule has 1 aromatic heterocycles. The van der Waals surface area contributed by atoms with E-state index in [1.54, 1.807) is 0 Å². The highest BCUT2D eigenvalue weighted by Crippen LogP contribution is 2.37. The van der Waals surface area contributed by atoms with Crippen molar-refractivity contribution in [3.8, 4) is 11.1 Å². The van der Waals surface area contributed by atoms with Crippen LogP contribution in [0.4, 0.5) is 0 Å². The molecule has 0 saturated carbocycles. The van der Waals surface area contributed by atoms with E-state index in [0.717, 1.165) is 0 Å². The molecule has 0 aliphatic rings. The summed E-state index contributed by atoms with van der Waals surface area (Å²) in [4.78, 5) is 0. The van der Waals surface area contributed by atoms with Crippen molar-refractivity contribution in [3.63, 3.8) is 0 Å². The molecule has 0 bridgehead atoms. The molecule has 132 valence electrons. The van der Waals surface area contributed by atoms with Crippen LogP contribution in [0.3, 0.4) is 0 Å². The third-order valence-electron chi connectivity index (χ3n) is 5.29. The predicted octanol–water partition coefficient (Wildman–Crippen LogP) is 7.34. The van der Waals surface area contributed by atoms with Gasteiger partial charge < -0.3 is 4.57 Å². The Balaban J connectivity index is 2.06. The van der Waals surface area contributed by atoms with E-state index in [1.807, 2.05) is 0 Å². The zero-order chi connectivity index (χ0) is 18.5. The highest BCUT2D eigenvalue weighted by Gasteiger charge is 2.18. The van der Waals surface area contributed by atoms with Crippen LogP contribution in [0.1, 0.15) is 46.2 Å². The van der Waals surface area contributed by atoms with E-state index in [-0.39, 0.29) is 5.41 Å². The van der Waals surface area contributed by atoms with E-state index in [0.29, 0.717) is 6.04 Å². The fourth-order valence-corrected chi connectivity index (χ4v) is 3.89. The van der Waals surface area contributed by atoms with Gasteiger partial charge in [0.2, 0.25) is 0 Å². The fraction of sp³-hybridized carbons (Fsp3) is 0.280. The molecule has 3 aromatic carbocycles. The van der Waals surface area contributed by atoms with Crippen LogP contribution in [0.2, 0.25) is 0 Å². The number of hydrogen-bond acceptors (Lipinski definition) is 0. The maximum atomic E-state index is 2.46. The molecule has 0 amide bonds.